The fraction of sp³-hybridized carbons (Fsp3) is 0.750. The summed E-state index contributed by atoms with van der Waals surface area (Å²) in [6.45, 7) is 3.21. The molecule has 0 amide bonds. The van der Waals surface area contributed by atoms with Crippen LogP contribution < -0.4 is 0 Å². The van der Waals surface area contributed by atoms with Gasteiger partial charge in [0.1, 0.15) is 18.8 Å². The molecule has 0 spiro atoms. The number of carbonyl (C=O) groups is 3. The summed E-state index contributed by atoms with van der Waals surface area (Å²) in [6.07, 6.45) is -4.72. The summed E-state index contributed by atoms with van der Waals surface area (Å²) >= 11 is 5.81. The summed E-state index contributed by atoms with van der Waals surface area (Å²) in [5, 5.41) is 9.93. The molecule has 0 bridgehead atoms. The van der Waals surface area contributed by atoms with Crippen molar-refractivity contribution in [1.29, 1.82) is 0 Å². The Labute approximate surface area is 126 Å². The molecule has 0 aliphatic carbocycles. The third-order valence-electron chi connectivity index (χ3n) is 2.66. The third kappa shape index (κ3) is 5.14. The number of alkyl halides is 1. The molecule has 1 fully saturated rings. The van der Waals surface area contributed by atoms with Gasteiger partial charge >= 0.3 is 17.9 Å². The monoisotopic (exact) mass is 324 g/mol. The number of aliphatic hydroxyl groups is 1. The second kappa shape index (κ2) is 7.58. The van der Waals surface area contributed by atoms with Crippen LogP contribution in [-0.4, -0.2) is 59.6 Å². The Morgan fingerprint density at radius 2 is 1.57 bits per heavy atom. The van der Waals surface area contributed by atoms with Gasteiger partial charge in [-0.05, 0) is 0 Å². The van der Waals surface area contributed by atoms with Gasteiger partial charge in [-0.15, -0.1) is 0 Å². The van der Waals surface area contributed by atoms with Crippen LogP contribution in [0.25, 0.3) is 0 Å². The fourth-order valence-electron chi connectivity index (χ4n) is 1.88. The van der Waals surface area contributed by atoms with Gasteiger partial charge in [0.15, 0.2) is 17.8 Å². The molecular weight excluding hydrogens is 308 g/mol. The first-order valence-electron chi connectivity index (χ1n) is 6.17. The van der Waals surface area contributed by atoms with E-state index in [9.17, 15) is 19.5 Å². The molecule has 5 atom stereocenters. The first-order valence-corrected chi connectivity index (χ1v) is 6.61. The maximum Gasteiger partial charge on any atom is 0.303 e. The van der Waals surface area contributed by atoms with Crippen molar-refractivity contribution < 1.29 is 38.4 Å². The highest BCUT2D eigenvalue weighted by atomic mass is 35.5. The van der Waals surface area contributed by atoms with E-state index in [2.05, 4.69) is 0 Å². The molecule has 9 heteroatoms. The van der Waals surface area contributed by atoms with Gasteiger partial charge < -0.3 is 24.1 Å². The van der Waals surface area contributed by atoms with E-state index in [1.165, 1.54) is 6.92 Å². The number of rotatable bonds is 4. The molecule has 1 aliphatic rings. The van der Waals surface area contributed by atoms with Gasteiger partial charge in [-0.25, -0.2) is 0 Å². The molecule has 1 aliphatic heterocycles. The van der Waals surface area contributed by atoms with E-state index in [1.54, 1.807) is 0 Å². The topological polar surface area (TPSA) is 108 Å². The number of ether oxygens (including phenoxy) is 4. The second-order valence-corrected chi connectivity index (χ2v) is 4.90. The number of aliphatic hydroxyl groups excluding tert-OH is 1. The Bertz CT molecular complexity index is 412. The first kappa shape index (κ1) is 17.7. The van der Waals surface area contributed by atoms with Crippen LogP contribution in [0, 0.1) is 0 Å². The predicted octanol–water partition coefficient (Wildman–Crippen LogP) is -0.263. The van der Waals surface area contributed by atoms with Crippen LogP contribution in [0.3, 0.4) is 0 Å². The van der Waals surface area contributed by atoms with E-state index in [0.29, 0.717) is 0 Å². The molecule has 0 radical (unpaired) electrons. The normalized spacial score (nSPS) is 32.1. The standard InChI is InChI=1S/C12H17ClO8/c1-5(14)18-4-8-10(19-6(2)15)11(20-7(3)16)9(17)12(13)21-8/h8-12,17H,4H2,1-3H3/t8-,9-,10-,11-,12-/m1/s1. The number of hydrogen-bond acceptors (Lipinski definition) is 8. The maximum atomic E-state index is 11.2. The zero-order chi connectivity index (χ0) is 16.2. The Kier molecular flexibility index (Phi) is 6.38. The molecule has 21 heavy (non-hydrogen) atoms. The van der Waals surface area contributed by atoms with Gasteiger partial charge in [0.25, 0.3) is 0 Å². The van der Waals surface area contributed by atoms with Gasteiger partial charge in [0.2, 0.25) is 0 Å². The van der Waals surface area contributed by atoms with Gasteiger partial charge in [0, 0.05) is 20.8 Å². The highest BCUT2D eigenvalue weighted by Crippen LogP contribution is 2.28. The Balaban J connectivity index is 2.94. The molecule has 8 nitrogen and oxygen atoms in total. The molecule has 1 rings (SSSR count). The number of carbonyl (C=O) groups excluding carboxylic acids is 3. The van der Waals surface area contributed by atoms with Crippen molar-refractivity contribution in [2.24, 2.45) is 0 Å². The van der Waals surface area contributed by atoms with Crippen molar-refractivity contribution in [3.8, 4) is 0 Å². The van der Waals surface area contributed by atoms with Crippen LogP contribution in [-0.2, 0) is 33.3 Å². The lowest BCUT2D eigenvalue weighted by Gasteiger charge is -2.41. The summed E-state index contributed by atoms with van der Waals surface area (Å²) in [6, 6.07) is 0. The van der Waals surface area contributed by atoms with E-state index in [0.717, 1.165) is 13.8 Å². The van der Waals surface area contributed by atoms with Gasteiger partial charge in [-0.2, -0.15) is 0 Å². The van der Waals surface area contributed by atoms with E-state index in [1.807, 2.05) is 0 Å². The van der Waals surface area contributed by atoms with E-state index >= 15 is 0 Å². The molecule has 0 aromatic carbocycles. The minimum Gasteiger partial charge on any atom is -0.463 e. The average molecular weight is 325 g/mol. The molecule has 0 saturated carbocycles. The summed E-state index contributed by atoms with van der Waals surface area (Å²) in [7, 11) is 0. The quantitative estimate of drug-likeness (QED) is 0.428. The van der Waals surface area contributed by atoms with Gasteiger partial charge in [-0.3, -0.25) is 14.4 Å². The summed E-state index contributed by atoms with van der Waals surface area (Å²) < 4.78 is 20.0. The first-order chi connectivity index (χ1) is 9.72. The SMILES string of the molecule is CC(=O)OC[C@H]1O[C@@H](Cl)[C@H](O)[C@@H](OC(C)=O)[C@@H]1OC(C)=O. The molecule has 1 saturated heterocycles. The van der Waals surface area contributed by atoms with Crippen molar-refractivity contribution >= 4 is 29.5 Å². The lowest BCUT2D eigenvalue weighted by Crippen LogP contribution is -2.60. The minimum absolute atomic E-state index is 0.263. The zero-order valence-electron chi connectivity index (χ0n) is 11.8. The summed E-state index contributed by atoms with van der Waals surface area (Å²) in [4.78, 5) is 33.2. The third-order valence-corrected chi connectivity index (χ3v) is 3.02. The summed E-state index contributed by atoms with van der Waals surface area (Å²) in [5.74, 6) is -1.93. The lowest BCUT2D eigenvalue weighted by atomic mass is 9.99. The Morgan fingerprint density at radius 3 is 2.05 bits per heavy atom. The number of hydrogen-bond donors (Lipinski definition) is 1. The highest BCUT2D eigenvalue weighted by molar-refractivity contribution is 6.20. The number of halogens is 1. The van der Waals surface area contributed by atoms with Crippen molar-refractivity contribution in [2.75, 3.05) is 6.61 Å². The number of esters is 3. The van der Waals surface area contributed by atoms with Crippen LogP contribution in [0.4, 0.5) is 0 Å². The highest BCUT2D eigenvalue weighted by Gasteiger charge is 2.49. The smallest absolute Gasteiger partial charge is 0.303 e. The largest absolute Gasteiger partial charge is 0.463 e. The van der Waals surface area contributed by atoms with Gasteiger partial charge in [-0.1, -0.05) is 11.6 Å². The molecule has 1 N–H and O–H groups in total. The molecule has 0 aromatic rings. The van der Waals surface area contributed by atoms with Crippen LogP contribution >= 0.6 is 11.6 Å². The van der Waals surface area contributed by atoms with E-state index < -0.39 is 47.9 Å². The fourth-order valence-corrected chi connectivity index (χ4v) is 2.15. The van der Waals surface area contributed by atoms with Crippen LogP contribution in [0.1, 0.15) is 20.8 Å². The molecular formula is C12H17ClO8. The van der Waals surface area contributed by atoms with E-state index in [4.69, 9.17) is 30.5 Å². The Morgan fingerprint density at radius 1 is 1.05 bits per heavy atom. The molecule has 0 unspecified atom stereocenters. The van der Waals surface area contributed by atoms with Crippen LogP contribution in [0.15, 0.2) is 0 Å². The summed E-state index contributed by atoms with van der Waals surface area (Å²) in [5.41, 5.74) is -1.21. The zero-order valence-corrected chi connectivity index (χ0v) is 12.5. The second-order valence-electron chi connectivity index (χ2n) is 4.47. The minimum atomic E-state index is -1.39. The lowest BCUT2D eigenvalue weighted by molar-refractivity contribution is -0.232. The van der Waals surface area contributed by atoms with Crippen molar-refractivity contribution in [1.82, 2.24) is 0 Å². The molecule has 1 heterocycles. The maximum absolute atomic E-state index is 11.2. The average Bonchev–Trinajstić information content (AvgIpc) is 2.35. The van der Waals surface area contributed by atoms with Gasteiger partial charge in [0.05, 0.1) is 0 Å². The van der Waals surface area contributed by atoms with Crippen molar-refractivity contribution in [2.45, 2.75) is 50.8 Å². The van der Waals surface area contributed by atoms with E-state index in [-0.39, 0.29) is 6.61 Å². The molecule has 0 aromatic heterocycles. The predicted molar refractivity (Wildman–Crippen MR) is 68.3 cm³/mol. The van der Waals surface area contributed by atoms with Crippen LogP contribution in [0.5, 0.6) is 0 Å². The van der Waals surface area contributed by atoms with Crippen molar-refractivity contribution in [3.63, 3.8) is 0 Å². The van der Waals surface area contributed by atoms with Crippen molar-refractivity contribution in [3.05, 3.63) is 0 Å². The molecule has 120 valence electrons. The van der Waals surface area contributed by atoms with Crippen LogP contribution in [0.2, 0.25) is 0 Å². The Hall–Kier alpha value is -1.38.